The van der Waals surface area contributed by atoms with E-state index in [1.807, 2.05) is 0 Å². The molecule has 18 N–H and O–H groups in total. The molecule has 0 saturated carbocycles. The fourth-order valence-corrected chi connectivity index (χ4v) is 11.2. The fraction of sp³-hybridized carbons (Fsp3) is 0.859. The van der Waals surface area contributed by atoms with Crippen LogP contribution in [0.5, 0.6) is 0 Å². The standard InChI is InChI=1S/C64H115N9O25/c1-40(77)71-52-58(89)55(86)43(36-74)96-61(52)93-32-12-7-20-48(82)67-28-15-26-65-46(80)18-5-10-24-64(4,25-11-6-19-47(81)66-27-16-29-68-49(83)21-8-13-33-94-62-53(72-41(2)78)59(90)56(87)44(37-75)97-62)39-92-35-23-51(85)70-31-17-30-69-50(84)22-9-14-34-95-63-54(73-42(3)79)60(91)57(88)45(38-76)98-63/h43-45,52-63,74-76,86-91H,5-39H2,1-4H3,(H,65,80)(H,66,81)(H,67,82)(H,68,83)(H,69,84)(H,70,85)(H,71,77)(H,72,78)(H,73,79). The van der Waals surface area contributed by atoms with E-state index in [0.29, 0.717) is 142 Å². The molecule has 9 amide bonds. The zero-order valence-electron chi connectivity index (χ0n) is 57.5. The van der Waals surface area contributed by atoms with E-state index in [1.54, 1.807) is 0 Å². The minimum Gasteiger partial charge on any atom is -0.394 e. The fourth-order valence-electron chi connectivity index (χ4n) is 11.2. The van der Waals surface area contributed by atoms with Crippen LogP contribution in [-0.4, -0.2) is 283 Å². The normalized spacial score (nSPS) is 26.0. The molecule has 3 saturated heterocycles. The van der Waals surface area contributed by atoms with Gasteiger partial charge in [-0.15, -0.1) is 0 Å². The number of unbranched alkanes of at least 4 members (excludes halogenated alkanes) is 5. The van der Waals surface area contributed by atoms with Crippen molar-refractivity contribution in [2.45, 2.75) is 254 Å². The third-order valence-corrected chi connectivity index (χ3v) is 16.8. The van der Waals surface area contributed by atoms with Crippen LogP contribution in [0.15, 0.2) is 0 Å². The Labute approximate surface area is 573 Å². The summed E-state index contributed by atoms with van der Waals surface area (Å²) < 4.78 is 39.8. The number of hydrogen-bond acceptors (Lipinski definition) is 25. The Morgan fingerprint density at radius 2 is 0.602 bits per heavy atom. The number of amides is 9. The SMILES string of the molecule is CC(=O)NC1C(OCCCCC(=O)NCCCNC(=O)CCCCC(C)(CCCCC(=O)NCCCNC(=O)CCCCOC2OC(CO)C(O)C(O)C2NC(C)=O)COCCC(=O)NCCCNC(=O)CCCCOC2OC(CO)C(O)C(O)C2NC(C)=O)OC(CO)C(O)C1O. The number of rotatable bonds is 51. The van der Waals surface area contributed by atoms with E-state index in [-0.39, 0.29) is 106 Å². The van der Waals surface area contributed by atoms with Crippen molar-refractivity contribution in [1.29, 1.82) is 0 Å². The molecule has 3 rings (SSSR count). The van der Waals surface area contributed by atoms with Crippen LogP contribution in [0.1, 0.15) is 163 Å². The number of carbonyl (C=O) groups is 9. The lowest BCUT2D eigenvalue weighted by atomic mass is 9.80. The van der Waals surface area contributed by atoms with Gasteiger partial charge in [0.2, 0.25) is 53.2 Å². The zero-order valence-corrected chi connectivity index (χ0v) is 57.5. The monoisotopic (exact) mass is 1410 g/mol. The summed E-state index contributed by atoms with van der Waals surface area (Å²) in [6, 6.07) is -3.18. The molecule has 34 heteroatoms. The summed E-state index contributed by atoms with van der Waals surface area (Å²) in [4.78, 5) is 111. The highest BCUT2D eigenvalue weighted by Crippen LogP contribution is 2.32. The second-order valence-electron chi connectivity index (χ2n) is 25.5. The number of nitrogens with one attached hydrogen (secondary N) is 9. The summed E-state index contributed by atoms with van der Waals surface area (Å²) in [5.41, 5.74) is -0.346. The van der Waals surface area contributed by atoms with E-state index in [4.69, 9.17) is 33.2 Å². The van der Waals surface area contributed by atoms with Gasteiger partial charge in [0.15, 0.2) is 18.9 Å². The molecule has 34 nitrogen and oxygen atoms in total. The predicted octanol–water partition coefficient (Wildman–Crippen LogP) is -4.22. The summed E-state index contributed by atoms with van der Waals surface area (Å²) in [7, 11) is 0. The predicted molar refractivity (Wildman–Crippen MR) is 348 cm³/mol. The lowest BCUT2D eigenvalue weighted by Gasteiger charge is -2.42. The Morgan fingerprint density at radius 1 is 0.347 bits per heavy atom. The lowest BCUT2D eigenvalue weighted by molar-refractivity contribution is -0.270. The van der Waals surface area contributed by atoms with Gasteiger partial charge in [0.25, 0.3) is 0 Å². The van der Waals surface area contributed by atoms with Crippen LogP contribution in [0.2, 0.25) is 0 Å². The second-order valence-corrected chi connectivity index (χ2v) is 25.5. The van der Waals surface area contributed by atoms with Gasteiger partial charge in [0.1, 0.15) is 73.1 Å². The van der Waals surface area contributed by atoms with Crippen molar-refractivity contribution in [2.75, 3.05) is 92.1 Å². The molecule has 0 aromatic carbocycles. The van der Waals surface area contributed by atoms with Gasteiger partial charge in [0.05, 0.1) is 33.0 Å². The van der Waals surface area contributed by atoms with Gasteiger partial charge >= 0.3 is 0 Å². The van der Waals surface area contributed by atoms with Crippen molar-refractivity contribution < 1.29 is 122 Å². The molecule has 15 unspecified atom stereocenters. The molecule has 3 fully saturated rings. The summed E-state index contributed by atoms with van der Waals surface area (Å²) >= 11 is 0. The maximum atomic E-state index is 12.8. The molecule has 566 valence electrons. The Balaban J connectivity index is 1.34. The van der Waals surface area contributed by atoms with Crippen LogP contribution >= 0.6 is 0 Å². The number of ether oxygens (including phenoxy) is 7. The summed E-state index contributed by atoms with van der Waals surface area (Å²) in [6.07, 6.45) is -5.79. The Kier molecular flexibility index (Phi) is 43.6. The second kappa shape index (κ2) is 49.2. The molecule has 0 radical (unpaired) electrons. The quantitative estimate of drug-likeness (QED) is 0.0257. The van der Waals surface area contributed by atoms with Gasteiger partial charge in [0, 0.05) is 118 Å². The molecule has 0 aromatic rings. The van der Waals surface area contributed by atoms with Crippen LogP contribution in [-0.2, 0) is 76.3 Å². The smallest absolute Gasteiger partial charge is 0.222 e. The van der Waals surface area contributed by atoms with Crippen molar-refractivity contribution in [1.82, 2.24) is 47.9 Å². The van der Waals surface area contributed by atoms with Crippen LogP contribution in [0.4, 0.5) is 0 Å². The summed E-state index contributed by atoms with van der Waals surface area (Å²) in [5.74, 6) is -2.47. The van der Waals surface area contributed by atoms with Crippen molar-refractivity contribution >= 4 is 53.2 Å². The average Bonchev–Trinajstić information content (AvgIpc) is 0.825. The number of carbonyl (C=O) groups excluding carboxylic acids is 9. The highest BCUT2D eigenvalue weighted by Gasteiger charge is 2.48. The molecule has 0 aromatic heterocycles. The highest BCUT2D eigenvalue weighted by atomic mass is 16.7. The zero-order chi connectivity index (χ0) is 72.4. The van der Waals surface area contributed by atoms with E-state index in [1.165, 1.54) is 20.8 Å². The average molecular weight is 1410 g/mol. The van der Waals surface area contributed by atoms with E-state index in [0.717, 1.165) is 0 Å². The molecule has 0 bridgehead atoms. The van der Waals surface area contributed by atoms with Gasteiger partial charge in [-0.25, -0.2) is 0 Å². The minimum absolute atomic E-state index is 0.100. The van der Waals surface area contributed by atoms with E-state index >= 15 is 0 Å². The minimum atomic E-state index is -1.43. The van der Waals surface area contributed by atoms with E-state index in [9.17, 15) is 89.1 Å². The summed E-state index contributed by atoms with van der Waals surface area (Å²) in [5, 5.41) is 115. The molecular formula is C64H115N9O25. The Bertz CT molecular complexity index is 2110. The molecular weight excluding hydrogens is 1290 g/mol. The third kappa shape index (κ3) is 34.8. The topological polar surface area (TPSA) is 509 Å². The van der Waals surface area contributed by atoms with Crippen LogP contribution in [0.25, 0.3) is 0 Å². The van der Waals surface area contributed by atoms with Crippen molar-refractivity contribution in [2.24, 2.45) is 5.41 Å². The van der Waals surface area contributed by atoms with Gasteiger partial charge in [-0.1, -0.05) is 19.8 Å². The molecule has 3 heterocycles. The first-order valence-corrected chi connectivity index (χ1v) is 34.5. The van der Waals surface area contributed by atoms with Crippen LogP contribution in [0, 0.1) is 5.41 Å². The van der Waals surface area contributed by atoms with E-state index < -0.39 is 129 Å². The Morgan fingerprint density at radius 3 is 0.857 bits per heavy atom. The van der Waals surface area contributed by atoms with Crippen molar-refractivity contribution in [3.63, 3.8) is 0 Å². The van der Waals surface area contributed by atoms with Gasteiger partial charge in [-0.2, -0.15) is 0 Å². The molecule has 98 heavy (non-hydrogen) atoms. The first-order valence-electron chi connectivity index (χ1n) is 34.5. The van der Waals surface area contributed by atoms with Gasteiger partial charge < -0.3 is 127 Å². The maximum absolute atomic E-state index is 12.8. The van der Waals surface area contributed by atoms with E-state index in [2.05, 4.69) is 54.8 Å². The molecule has 0 spiro atoms. The number of aliphatic hydroxyl groups is 9. The lowest BCUT2D eigenvalue weighted by Crippen LogP contribution is -2.64. The molecule has 15 atom stereocenters. The largest absolute Gasteiger partial charge is 0.394 e. The highest BCUT2D eigenvalue weighted by molar-refractivity contribution is 5.78. The Hall–Kier alpha value is -5.41. The van der Waals surface area contributed by atoms with Gasteiger partial charge in [-0.3, -0.25) is 43.2 Å². The first kappa shape index (κ1) is 86.8. The molecule has 3 aliphatic rings. The number of aliphatic hydroxyl groups excluding tert-OH is 9. The number of hydrogen-bond donors (Lipinski definition) is 18. The van der Waals surface area contributed by atoms with Crippen molar-refractivity contribution in [3.05, 3.63) is 0 Å². The van der Waals surface area contributed by atoms with Crippen molar-refractivity contribution in [3.8, 4) is 0 Å². The van der Waals surface area contributed by atoms with Gasteiger partial charge in [-0.05, 0) is 88.9 Å². The third-order valence-electron chi connectivity index (χ3n) is 16.8. The maximum Gasteiger partial charge on any atom is 0.222 e. The summed E-state index contributed by atoms with van der Waals surface area (Å²) in [6.45, 7) is 6.98. The first-order chi connectivity index (χ1) is 46.8. The molecule has 0 aliphatic carbocycles. The van der Waals surface area contributed by atoms with Crippen LogP contribution in [0.3, 0.4) is 0 Å². The molecule has 3 aliphatic heterocycles. The van der Waals surface area contributed by atoms with Crippen LogP contribution < -0.4 is 47.9 Å².